The van der Waals surface area contributed by atoms with Gasteiger partial charge in [-0.25, -0.2) is 0 Å². The molecule has 0 N–H and O–H groups in total. The molecule has 0 fully saturated rings. The van der Waals surface area contributed by atoms with E-state index in [1.165, 1.54) is 61.5 Å². The molecule has 17 heavy (non-hydrogen) atoms. The summed E-state index contributed by atoms with van der Waals surface area (Å²) in [4.78, 5) is 0. The minimum atomic E-state index is 0.843. The standard InChI is InChI=1S/C14H30S3/c1-4-7-10-15-13-14(16-11-8-5-2)17-12-9-6-3/h14H,4-13H2,1-3H3. The molecule has 0 radical (unpaired) electrons. The van der Waals surface area contributed by atoms with Gasteiger partial charge in [-0.05, 0) is 36.5 Å². The fraction of sp³-hybridized carbons (Fsp3) is 1.00. The van der Waals surface area contributed by atoms with Crippen LogP contribution in [-0.4, -0.2) is 27.6 Å². The van der Waals surface area contributed by atoms with Gasteiger partial charge in [0.2, 0.25) is 0 Å². The second-order valence-electron chi connectivity index (χ2n) is 4.31. The summed E-state index contributed by atoms with van der Waals surface area (Å²) in [6.45, 7) is 6.86. The van der Waals surface area contributed by atoms with Gasteiger partial charge in [0.25, 0.3) is 0 Å². The molecule has 0 aromatic carbocycles. The Kier molecular flexibility index (Phi) is 16.0. The number of thioether (sulfide) groups is 3. The molecule has 0 aromatic heterocycles. The van der Waals surface area contributed by atoms with Crippen LogP contribution in [0.1, 0.15) is 59.3 Å². The van der Waals surface area contributed by atoms with Crippen molar-refractivity contribution < 1.29 is 0 Å². The predicted molar refractivity (Wildman–Crippen MR) is 90.8 cm³/mol. The van der Waals surface area contributed by atoms with E-state index in [4.69, 9.17) is 0 Å². The van der Waals surface area contributed by atoms with Crippen molar-refractivity contribution in [1.29, 1.82) is 0 Å². The van der Waals surface area contributed by atoms with Crippen LogP contribution in [0, 0.1) is 0 Å². The average molecular weight is 295 g/mol. The number of rotatable bonds is 13. The van der Waals surface area contributed by atoms with Gasteiger partial charge in [0, 0.05) is 5.75 Å². The summed E-state index contributed by atoms with van der Waals surface area (Å²) < 4.78 is 0.843. The Morgan fingerprint density at radius 2 is 1.18 bits per heavy atom. The quantitative estimate of drug-likeness (QED) is 0.306. The van der Waals surface area contributed by atoms with E-state index in [1.54, 1.807) is 0 Å². The lowest BCUT2D eigenvalue weighted by Gasteiger charge is -2.15. The van der Waals surface area contributed by atoms with Gasteiger partial charge in [0.1, 0.15) is 0 Å². The zero-order valence-corrected chi connectivity index (χ0v) is 14.3. The maximum absolute atomic E-state index is 2.29. The van der Waals surface area contributed by atoms with Crippen LogP contribution in [-0.2, 0) is 0 Å². The minimum absolute atomic E-state index is 0.843. The second-order valence-corrected chi connectivity index (χ2v) is 8.38. The third kappa shape index (κ3) is 13.3. The largest absolute Gasteiger partial charge is 0.160 e. The first-order valence-electron chi connectivity index (χ1n) is 7.16. The van der Waals surface area contributed by atoms with Crippen molar-refractivity contribution in [3.8, 4) is 0 Å². The fourth-order valence-electron chi connectivity index (χ4n) is 1.29. The molecule has 0 rings (SSSR count). The molecule has 0 aliphatic rings. The molecule has 0 saturated carbocycles. The summed E-state index contributed by atoms with van der Waals surface area (Å²) in [5.74, 6) is 5.42. The second kappa shape index (κ2) is 15.1. The van der Waals surface area contributed by atoms with Crippen molar-refractivity contribution in [2.24, 2.45) is 0 Å². The van der Waals surface area contributed by atoms with E-state index in [1.807, 2.05) is 0 Å². The highest BCUT2D eigenvalue weighted by Crippen LogP contribution is 2.29. The highest BCUT2D eigenvalue weighted by molar-refractivity contribution is 8.18. The van der Waals surface area contributed by atoms with Crippen LogP contribution in [0.25, 0.3) is 0 Å². The van der Waals surface area contributed by atoms with Gasteiger partial charge in [0.15, 0.2) is 0 Å². The monoisotopic (exact) mass is 294 g/mol. The molecule has 0 heterocycles. The van der Waals surface area contributed by atoms with Crippen LogP contribution < -0.4 is 0 Å². The third-order valence-corrected chi connectivity index (χ3v) is 7.01. The molecule has 0 spiro atoms. The highest BCUT2D eigenvalue weighted by atomic mass is 32.2. The van der Waals surface area contributed by atoms with Gasteiger partial charge in [0.05, 0.1) is 4.58 Å². The Labute approximate surface area is 122 Å². The van der Waals surface area contributed by atoms with Gasteiger partial charge in [-0.3, -0.25) is 0 Å². The Hall–Kier alpha value is 1.05. The molecule has 0 unspecified atom stereocenters. The Morgan fingerprint density at radius 3 is 1.65 bits per heavy atom. The zero-order chi connectivity index (χ0) is 12.8. The number of unbranched alkanes of at least 4 members (excludes halogenated alkanes) is 3. The lowest BCUT2D eigenvalue weighted by atomic mass is 10.4. The maximum atomic E-state index is 2.29. The third-order valence-electron chi connectivity index (χ3n) is 2.50. The molecule has 3 heteroatoms. The summed E-state index contributed by atoms with van der Waals surface area (Å²) in [6.07, 6.45) is 8.16. The molecule has 0 amide bonds. The van der Waals surface area contributed by atoms with Crippen molar-refractivity contribution in [2.45, 2.75) is 63.9 Å². The normalized spacial score (nSPS) is 11.3. The Morgan fingerprint density at radius 1 is 0.706 bits per heavy atom. The van der Waals surface area contributed by atoms with Gasteiger partial charge >= 0.3 is 0 Å². The van der Waals surface area contributed by atoms with Crippen molar-refractivity contribution in [2.75, 3.05) is 23.0 Å². The molecular formula is C14H30S3. The van der Waals surface area contributed by atoms with Crippen LogP contribution in [0.2, 0.25) is 0 Å². The van der Waals surface area contributed by atoms with Gasteiger partial charge < -0.3 is 0 Å². The number of hydrogen-bond donors (Lipinski definition) is 0. The van der Waals surface area contributed by atoms with E-state index < -0.39 is 0 Å². The van der Waals surface area contributed by atoms with E-state index in [2.05, 4.69) is 56.1 Å². The van der Waals surface area contributed by atoms with Crippen molar-refractivity contribution in [3.05, 3.63) is 0 Å². The van der Waals surface area contributed by atoms with Crippen LogP contribution in [0.3, 0.4) is 0 Å². The topological polar surface area (TPSA) is 0 Å². The average Bonchev–Trinajstić information content (AvgIpc) is 2.34. The summed E-state index contributed by atoms with van der Waals surface area (Å²) >= 11 is 6.55. The predicted octanol–water partition coefficient (Wildman–Crippen LogP) is 5.91. The highest BCUT2D eigenvalue weighted by Gasteiger charge is 2.09. The van der Waals surface area contributed by atoms with E-state index in [0.29, 0.717) is 0 Å². The molecule has 0 aliphatic carbocycles. The molecular weight excluding hydrogens is 264 g/mol. The van der Waals surface area contributed by atoms with Crippen LogP contribution >= 0.6 is 35.3 Å². The van der Waals surface area contributed by atoms with Gasteiger partial charge in [-0.2, -0.15) is 11.8 Å². The molecule has 0 atom stereocenters. The summed E-state index contributed by atoms with van der Waals surface area (Å²) in [5.41, 5.74) is 0. The smallest absolute Gasteiger partial charge is 0.0592 e. The molecule has 0 saturated heterocycles. The first-order valence-corrected chi connectivity index (χ1v) is 10.4. The van der Waals surface area contributed by atoms with Crippen LogP contribution in [0.4, 0.5) is 0 Å². The Balaban J connectivity index is 3.60. The minimum Gasteiger partial charge on any atom is -0.160 e. The summed E-state index contributed by atoms with van der Waals surface area (Å²) in [5, 5.41) is 0. The molecule has 0 bridgehead atoms. The summed E-state index contributed by atoms with van der Waals surface area (Å²) in [6, 6.07) is 0. The Bertz CT molecular complexity index is 129. The van der Waals surface area contributed by atoms with Crippen molar-refractivity contribution in [3.63, 3.8) is 0 Å². The molecule has 0 aliphatic heterocycles. The molecule has 0 nitrogen and oxygen atoms in total. The van der Waals surface area contributed by atoms with Gasteiger partial charge in [-0.1, -0.05) is 40.0 Å². The lowest BCUT2D eigenvalue weighted by molar-refractivity contribution is 0.892. The van der Waals surface area contributed by atoms with E-state index >= 15 is 0 Å². The van der Waals surface area contributed by atoms with Crippen LogP contribution in [0.5, 0.6) is 0 Å². The van der Waals surface area contributed by atoms with E-state index in [-0.39, 0.29) is 0 Å². The molecule has 0 aromatic rings. The fourth-order valence-corrected chi connectivity index (χ4v) is 5.89. The van der Waals surface area contributed by atoms with Crippen molar-refractivity contribution >= 4 is 35.3 Å². The van der Waals surface area contributed by atoms with Crippen LogP contribution in [0.15, 0.2) is 0 Å². The van der Waals surface area contributed by atoms with E-state index in [9.17, 15) is 0 Å². The first kappa shape index (κ1) is 18.0. The maximum Gasteiger partial charge on any atom is 0.0592 e. The summed E-state index contributed by atoms with van der Waals surface area (Å²) in [7, 11) is 0. The molecule has 104 valence electrons. The van der Waals surface area contributed by atoms with Gasteiger partial charge in [-0.15, -0.1) is 23.5 Å². The number of hydrogen-bond acceptors (Lipinski definition) is 3. The van der Waals surface area contributed by atoms with Crippen molar-refractivity contribution in [1.82, 2.24) is 0 Å². The lowest BCUT2D eigenvalue weighted by Crippen LogP contribution is -2.04. The first-order chi connectivity index (χ1) is 8.35. The zero-order valence-electron chi connectivity index (χ0n) is 11.9. The van der Waals surface area contributed by atoms with E-state index in [0.717, 1.165) is 4.58 Å². The SMILES string of the molecule is CCCCSCC(SCCCC)SCCCC.